The fourth-order valence-electron chi connectivity index (χ4n) is 2.68. The fraction of sp³-hybridized carbons (Fsp3) is 0. The van der Waals surface area contributed by atoms with Crippen LogP contribution in [-0.4, -0.2) is 20.3 Å². The van der Waals surface area contributed by atoms with Crippen LogP contribution in [0.15, 0.2) is 47.3 Å². The zero-order chi connectivity index (χ0) is 15.4. The van der Waals surface area contributed by atoms with E-state index in [1.165, 1.54) is 22.8 Å². The molecule has 0 atom stereocenters. The standard InChI is InChI=1S/C15H8N4O3/c16-13-9-3-1-2-4-10(9)14-17-12-7-8(19(21)22)5-6-11(12)15(20)18(13)14/h1-7,16H. The molecule has 0 aliphatic carbocycles. The smallest absolute Gasteiger partial charge is 0.271 e. The van der Waals surface area contributed by atoms with Crippen LogP contribution in [0.2, 0.25) is 0 Å². The van der Waals surface area contributed by atoms with Gasteiger partial charge in [0.05, 0.1) is 15.8 Å². The highest BCUT2D eigenvalue weighted by molar-refractivity contribution is 6.10. The van der Waals surface area contributed by atoms with Crippen molar-refractivity contribution in [3.63, 3.8) is 0 Å². The Morgan fingerprint density at radius 3 is 2.59 bits per heavy atom. The van der Waals surface area contributed by atoms with E-state index >= 15 is 0 Å². The first kappa shape index (κ1) is 12.4. The lowest BCUT2D eigenvalue weighted by Gasteiger charge is -2.05. The Morgan fingerprint density at radius 1 is 1.14 bits per heavy atom. The normalized spacial score (nSPS) is 12.3. The van der Waals surface area contributed by atoms with Crippen molar-refractivity contribution >= 4 is 22.4 Å². The number of rotatable bonds is 1. The summed E-state index contributed by atoms with van der Waals surface area (Å²) in [7, 11) is 0. The molecule has 106 valence electrons. The lowest BCUT2D eigenvalue weighted by Crippen LogP contribution is -2.25. The SMILES string of the molecule is N=C1c2ccccc2-c2nc3cc([N+](=O)[O-])ccc3c(=O)n21. The molecule has 0 bridgehead atoms. The molecular formula is C15H8N4O3. The Morgan fingerprint density at radius 2 is 1.86 bits per heavy atom. The highest BCUT2D eigenvalue weighted by Crippen LogP contribution is 2.30. The van der Waals surface area contributed by atoms with Gasteiger partial charge in [0, 0.05) is 23.3 Å². The van der Waals surface area contributed by atoms with Gasteiger partial charge in [-0.15, -0.1) is 0 Å². The first-order valence-electron chi connectivity index (χ1n) is 6.48. The fourth-order valence-corrected chi connectivity index (χ4v) is 2.68. The van der Waals surface area contributed by atoms with E-state index in [2.05, 4.69) is 4.98 Å². The largest absolute Gasteiger partial charge is 0.283 e. The van der Waals surface area contributed by atoms with Crippen LogP contribution < -0.4 is 5.56 Å². The van der Waals surface area contributed by atoms with E-state index in [0.717, 1.165) is 0 Å². The molecule has 1 N–H and O–H groups in total. The minimum atomic E-state index is -0.526. The Labute approximate surface area is 123 Å². The maximum atomic E-state index is 12.6. The van der Waals surface area contributed by atoms with E-state index in [0.29, 0.717) is 17.0 Å². The number of non-ortho nitro benzene ring substituents is 1. The van der Waals surface area contributed by atoms with Crippen molar-refractivity contribution in [2.45, 2.75) is 0 Å². The molecular weight excluding hydrogens is 284 g/mol. The summed E-state index contributed by atoms with van der Waals surface area (Å²) < 4.78 is 1.23. The molecule has 7 nitrogen and oxygen atoms in total. The number of hydrogen-bond acceptors (Lipinski definition) is 5. The minimum absolute atomic E-state index is 0.0725. The van der Waals surface area contributed by atoms with Gasteiger partial charge in [-0.3, -0.25) is 20.3 Å². The van der Waals surface area contributed by atoms with Crippen molar-refractivity contribution < 1.29 is 4.92 Å². The molecule has 0 fully saturated rings. The van der Waals surface area contributed by atoms with Crippen LogP contribution in [0.1, 0.15) is 5.56 Å². The van der Waals surface area contributed by atoms with Gasteiger partial charge in [-0.05, 0) is 6.07 Å². The molecule has 0 saturated heterocycles. The molecule has 3 aromatic rings. The van der Waals surface area contributed by atoms with E-state index in [4.69, 9.17) is 5.41 Å². The van der Waals surface area contributed by atoms with Crippen LogP contribution in [0.4, 0.5) is 5.69 Å². The topological polar surface area (TPSA) is 102 Å². The zero-order valence-corrected chi connectivity index (χ0v) is 11.1. The van der Waals surface area contributed by atoms with Gasteiger partial charge in [0.2, 0.25) is 0 Å². The summed E-state index contributed by atoms with van der Waals surface area (Å²) in [6.07, 6.45) is 0. The second-order valence-electron chi connectivity index (χ2n) is 4.93. The first-order valence-corrected chi connectivity index (χ1v) is 6.48. The number of nitro benzene ring substituents is 1. The van der Waals surface area contributed by atoms with Gasteiger partial charge in [0.15, 0.2) is 0 Å². The molecule has 0 saturated carbocycles. The van der Waals surface area contributed by atoms with Gasteiger partial charge in [0.1, 0.15) is 11.7 Å². The molecule has 0 unspecified atom stereocenters. The van der Waals surface area contributed by atoms with E-state index in [1.807, 2.05) is 0 Å². The maximum absolute atomic E-state index is 12.6. The third kappa shape index (κ3) is 1.47. The first-order chi connectivity index (χ1) is 10.6. The molecule has 1 aromatic heterocycles. The van der Waals surface area contributed by atoms with Crippen LogP contribution in [0.5, 0.6) is 0 Å². The van der Waals surface area contributed by atoms with Crippen LogP contribution in [0.3, 0.4) is 0 Å². The highest BCUT2D eigenvalue weighted by atomic mass is 16.6. The van der Waals surface area contributed by atoms with Crippen LogP contribution in [-0.2, 0) is 0 Å². The molecule has 2 aromatic carbocycles. The lowest BCUT2D eigenvalue weighted by molar-refractivity contribution is -0.384. The Balaban J connectivity index is 2.13. The van der Waals surface area contributed by atoms with Crippen molar-refractivity contribution in [3.8, 4) is 11.4 Å². The minimum Gasteiger partial charge on any atom is -0.283 e. The summed E-state index contributed by atoms with van der Waals surface area (Å²) in [5.41, 5.74) is 1.05. The van der Waals surface area contributed by atoms with Gasteiger partial charge in [-0.2, -0.15) is 0 Å². The molecule has 1 aliphatic heterocycles. The summed E-state index contributed by atoms with van der Waals surface area (Å²) in [5.74, 6) is 0.418. The molecule has 4 rings (SSSR count). The predicted molar refractivity (Wildman–Crippen MR) is 80.3 cm³/mol. The van der Waals surface area contributed by atoms with Gasteiger partial charge in [-0.1, -0.05) is 24.3 Å². The van der Waals surface area contributed by atoms with E-state index in [9.17, 15) is 14.9 Å². The summed E-state index contributed by atoms with van der Waals surface area (Å²) in [6.45, 7) is 0. The number of nitro groups is 1. The molecule has 22 heavy (non-hydrogen) atoms. The molecule has 0 spiro atoms. The lowest BCUT2D eigenvalue weighted by atomic mass is 10.1. The molecule has 0 radical (unpaired) electrons. The number of hydrogen-bond donors (Lipinski definition) is 1. The van der Waals surface area contributed by atoms with Crippen molar-refractivity contribution in [3.05, 3.63) is 68.5 Å². The predicted octanol–water partition coefficient (Wildman–Crippen LogP) is 2.16. The summed E-state index contributed by atoms with van der Waals surface area (Å²) in [5, 5.41) is 19.3. The van der Waals surface area contributed by atoms with Crippen molar-refractivity contribution in [2.75, 3.05) is 0 Å². The molecule has 0 amide bonds. The number of nitrogens with zero attached hydrogens (tertiary/aromatic N) is 3. The number of aromatic nitrogens is 2. The van der Waals surface area contributed by atoms with Crippen LogP contribution >= 0.6 is 0 Å². The average Bonchev–Trinajstić information content (AvgIpc) is 2.81. The number of benzene rings is 2. The van der Waals surface area contributed by atoms with Gasteiger partial charge >= 0.3 is 0 Å². The van der Waals surface area contributed by atoms with Crippen LogP contribution in [0, 0.1) is 15.5 Å². The van der Waals surface area contributed by atoms with Crippen LogP contribution in [0.25, 0.3) is 22.3 Å². The summed E-state index contributed by atoms with van der Waals surface area (Å²) in [4.78, 5) is 27.3. The number of nitrogens with one attached hydrogen (secondary N) is 1. The molecule has 1 aliphatic rings. The van der Waals surface area contributed by atoms with E-state index in [-0.39, 0.29) is 22.4 Å². The highest BCUT2D eigenvalue weighted by Gasteiger charge is 2.27. The van der Waals surface area contributed by atoms with Crippen molar-refractivity contribution in [2.24, 2.45) is 0 Å². The Bertz CT molecular complexity index is 1050. The maximum Gasteiger partial charge on any atom is 0.271 e. The van der Waals surface area contributed by atoms with E-state index in [1.54, 1.807) is 24.3 Å². The van der Waals surface area contributed by atoms with Gasteiger partial charge in [0.25, 0.3) is 11.2 Å². The second-order valence-corrected chi connectivity index (χ2v) is 4.93. The monoisotopic (exact) mass is 292 g/mol. The second kappa shape index (κ2) is 4.08. The average molecular weight is 292 g/mol. The van der Waals surface area contributed by atoms with Crippen molar-refractivity contribution in [1.82, 2.24) is 9.55 Å². The summed E-state index contributed by atoms with van der Waals surface area (Å²) >= 11 is 0. The third-order valence-corrected chi connectivity index (χ3v) is 3.71. The molecule has 2 heterocycles. The van der Waals surface area contributed by atoms with Gasteiger partial charge < -0.3 is 0 Å². The Kier molecular flexibility index (Phi) is 2.30. The zero-order valence-electron chi connectivity index (χ0n) is 11.1. The molecule has 7 heteroatoms. The Hall–Kier alpha value is -3.35. The van der Waals surface area contributed by atoms with Gasteiger partial charge in [-0.25, -0.2) is 9.55 Å². The summed E-state index contributed by atoms with van der Waals surface area (Å²) in [6, 6.07) is 11.0. The number of fused-ring (bicyclic) bond motifs is 4. The quantitative estimate of drug-likeness (QED) is 0.429. The van der Waals surface area contributed by atoms with E-state index < -0.39 is 10.5 Å². The third-order valence-electron chi connectivity index (χ3n) is 3.71. The van der Waals surface area contributed by atoms with Crippen molar-refractivity contribution in [1.29, 1.82) is 5.41 Å².